The Balaban J connectivity index is 1.48. The number of halogens is 1. The van der Waals surface area contributed by atoms with Crippen LogP contribution in [0.4, 0.5) is 0 Å². The summed E-state index contributed by atoms with van der Waals surface area (Å²) in [6.45, 7) is 5.03. The van der Waals surface area contributed by atoms with E-state index in [0.29, 0.717) is 34.5 Å². The fraction of sp³-hybridized carbons (Fsp3) is 0.452. The molecule has 0 spiro atoms. The van der Waals surface area contributed by atoms with Gasteiger partial charge in [-0.25, -0.2) is 14.8 Å². The summed E-state index contributed by atoms with van der Waals surface area (Å²) in [5.74, 6) is 1.21. The van der Waals surface area contributed by atoms with Crippen LogP contribution >= 0.6 is 11.6 Å². The van der Waals surface area contributed by atoms with E-state index in [4.69, 9.17) is 21.1 Å². The summed E-state index contributed by atoms with van der Waals surface area (Å²) in [6.07, 6.45) is 17.0. The summed E-state index contributed by atoms with van der Waals surface area (Å²) in [4.78, 5) is 21.7. The first-order valence-corrected chi connectivity index (χ1v) is 14.0. The average molecular weight is 523 g/mol. The second-order valence-corrected chi connectivity index (χ2v) is 9.81. The minimum Gasteiger partial charge on any atom is -0.492 e. The molecule has 0 saturated heterocycles. The number of carbonyl (C=O) groups is 1. The zero-order valence-electron chi connectivity index (χ0n) is 22.2. The predicted molar refractivity (Wildman–Crippen MR) is 151 cm³/mol. The van der Waals surface area contributed by atoms with E-state index >= 15 is 0 Å². The molecule has 0 bridgehead atoms. The van der Waals surface area contributed by atoms with E-state index in [1.54, 1.807) is 30.3 Å². The van der Waals surface area contributed by atoms with Crippen LogP contribution in [0.2, 0.25) is 5.02 Å². The minimum atomic E-state index is -0.473. The third-order valence-corrected chi connectivity index (χ3v) is 6.57. The van der Waals surface area contributed by atoms with Crippen molar-refractivity contribution in [1.82, 2.24) is 9.97 Å². The van der Waals surface area contributed by atoms with Crippen LogP contribution in [0.5, 0.6) is 11.5 Å². The molecule has 0 aliphatic heterocycles. The van der Waals surface area contributed by atoms with E-state index < -0.39 is 5.97 Å². The lowest BCUT2D eigenvalue weighted by atomic mass is 10.1. The summed E-state index contributed by atoms with van der Waals surface area (Å²) >= 11 is 6.32. The molecule has 0 atom stereocenters. The maximum Gasteiger partial charge on any atom is 0.343 e. The number of ether oxygens (including phenoxy) is 2. The van der Waals surface area contributed by atoms with E-state index in [0.717, 1.165) is 30.4 Å². The standard InChI is InChI=1S/C31H39ClN2O3/c1-3-5-7-9-10-11-13-24-22-33-30(34-23-24)25-14-17-27(18-15-25)37-31(35)26-16-19-29(28(32)21-26)36-20-12-8-6-4-2/h14-19,21-23H,3-13,20H2,1-2H3. The van der Waals surface area contributed by atoms with Crippen molar-refractivity contribution in [2.75, 3.05) is 6.61 Å². The Kier molecular flexibility index (Phi) is 12.4. The third kappa shape index (κ3) is 9.81. The van der Waals surface area contributed by atoms with Crippen LogP contribution in [-0.2, 0) is 6.42 Å². The summed E-state index contributed by atoms with van der Waals surface area (Å²) < 4.78 is 11.3. The number of esters is 1. The first-order valence-electron chi connectivity index (χ1n) is 13.7. The molecule has 6 heteroatoms. The highest BCUT2D eigenvalue weighted by molar-refractivity contribution is 6.32. The van der Waals surface area contributed by atoms with Crippen LogP contribution in [0.15, 0.2) is 54.9 Å². The van der Waals surface area contributed by atoms with Crippen LogP contribution in [-0.4, -0.2) is 22.5 Å². The average Bonchev–Trinajstić information content (AvgIpc) is 2.92. The highest BCUT2D eigenvalue weighted by atomic mass is 35.5. The van der Waals surface area contributed by atoms with Gasteiger partial charge in [0.25, 0.3) is 0 Å². The molecular formula is C31H39ClN2O3. The summed E-state index contributed by atoms with van der Waals surface area (Å²) in [6, 6.07) is 12.2. The number of hydrogen-bond acceptors (Lipinski definition) is 5. The maximum absolute atomic E-state index is 12.6. The second-order valence-electron chi connectivity index (χ2n) is 9.40. The van der Waals surface area contributed by atoms with Crippen molar-refractivity contribution < 1.29 is 14.3 Å². The van der Waals surface area contributed by atoms with Crippen LogP contribution in [0, 0.1) is 0 Å². The molecule has 1 aromatic heterocycles. The number of benzene rings is 2. The number of aryl methyl sites for hydroxylation is 1. The molecular weight excluding hydrogens is 484 g/mol. The smallest absolute Gasteiger partial charge is 0.343 e. The van der Waals surface area contributed by atoms with Gasteiger partial charge in [-0.2, -0.15) is 0 Å². The number of rotatable bonds is 16. The van der Waals surface area contributed by atoms with Crippen molar-refractivity contribution in [3.05, 3.63) is 71.0 Å². The zero-order chi connectivity index (χ0) is 26.3. The van der Waals surface area contributed by atoms with Crippen LogP contribution in [0.25, 0.3) is 11.4 Å². The molecule has 3 rings (SSSR count). The van der Waals surface area contributed by atoms with E-state index in [-0.39, 0.29) is 0 Å². The molecule has 3 aromatic rings. The largest absolute Gasteiger partial charge is 0.492 e. The molecule has 5 nitrogen and oxygen atoms in total. The van der Waals surface area contributed by atoms with E-state index in [2.05, 4.69) is 23.8 Å². The Bertz CT molecular complexity index is 1080. The Morgan fingerprint density at radius 2 is 1.46 bits per heavy atom. The first kappa shape index (κ1) is 28.6. The number of carbonyl (C=O) groups excluding carboxylic acids is 1. The van der Waals surface area contributed by atoms with E-state index in [9.17, 15) is 4.79 Å². The van der Waals surface area contributed by atoms with Gasteiger partial charge in [0.15, 0.2) is 5.82 Å². The Hall–Kier alpha value is -2.92. The topological polar surface area (TPSA) is 61.3 Å². The third-order valence-electron chi connectivity index (χ3n) is 6.27. The Labute approximate surface area is 226 Å². The molecule has 198 valence electrons. The molecule has 0 aliphatic carbocycles. The van der Waals surface area contributed by atoms with E-state index in [1.165, 1.54) is 51.4 Å². The van der Waals surface area contributed by atoms with Crippen LogP contribution in [0.3, 0.4) is 0 Å². The van der Waals surface area contributed by atoms with Crippen molar-refractivity contribution in [1.29, 1.82) is 0 Å². The summed E-state index contributed by atoms with van der Waals surface area (Å²) in [5.41, 5.74) is 2.41. The van der Waals surface area contributed by atoms with E-state index in [1.807, 2.05) is 24.5 Å². The van der Waals surface area contributed by atoms with Gasteiger partial charge in [0.2, 0.25) is 0 Å². The maximum atomic E-state index is 12.6. The normalized spacial score (nSPS) is 10.9. The fourth-order valence-electron chi connectivity index (χ4n) is 4.04. The Morgan fingerprint density at radius 3 is 2.14 bits per heavy atom. The Morgan fingerprint density at radius 1 is 0.811 bits per heavy atom. The lowest BCUT2D eigenvalue weighted by Gasteiger charge is -2.10. The van der Waals surface area contributed by atoms with Gasteiger partial charge in [-0.15, -0.1) is 0 Å². The lowest BCUT2D eigenvalue weighted by molar-refractivity contribution is 0.0734. The monoisotopic (exact) mass is 522 g/mol. The molecule has 37 heavy (non-hydrogen) atoms. The minimum absolute atomic E-state index is 0.372. The number of hydrogen-bond donors (Lipinski definition) is 0. The second kappa shape index (κ2) is 16.0. The highest BCUT2D eigenvalue weighted by Gasteiger charge is 2.12. The molecule has 0 aliphatic rings. The fourth-order valence-corrected chi connectivity index (χ4v) is 4.27. The first-order chi connectivity index (χ1) is 18.1. The zero-order valence-corrected chi connectivity index (χ0v) is 22.9. The van der Waals surface area contributed by atoms with Crippen molar-refractivity contribution in [2.24, 2.45) is 0 Å². The SMILES string of the molecule is CCCCCCCCc1cnc(-c2ccc(OC(=O)c3ccc(OCCCCCC)c(Cl)c3)cc2)nc1. The van der Waals surface area contributed by atoms with Crippen molar-refractivity contribution in [2.45, 2.75) is 84.5 Å². The van der Waals surface area contributed by atoms with Crippen LogP contribution in [0.1, 0.15) is 94.0 Å². The molecule has 0 N–H and O–H groups in total. The molecule has 0 fully saturated rings. The van der Waals surface area contributed by atoms with Gasteiger partial charge in [-0.3, -0.25) is 0 Å². The molecule has 0 radical (unpaired) electrons. The van der Waals surface area contributed by atoms with Crippen molar-refractivity contribution >= 4 is 17.6 Å². The van der Waals surface area contributed by atoms with Gasteiger partial charge in [-0.1, -0.05) is 76.8 Å². The summed E-state index contributed by atoms with van der Waals surface area (Å²) in [5, 5.41) is 0.400. The van der Waals surface area contributed by atoms with Crippen molar-refractivity contribution in [3.63, 3.8) is 0 Å². The van der Waals surface area contributed by atoms with Gasteiger partial charge < -0.3 is 9.47 Å². The number of aromatic nitrogens is 2. The van der Waals surface area contributed by atoms with Gasteiger partial charge in [0.05, 0.1) is 17.2 Å². The van der Waals surface area contributed by atoms with Crippen molar-refractivity contribution in [3.8, 4) is 22.9 Å². The van der Waals surface area contributed by atoms with Crippen LogP contribution < -0.4 is 9.47 Å². The van der Waals surface area contributed by atoms with Gasteiger partial charge in [0.1, 0.15) is 11.5 Å². The van der Waals surface area contributed by atoms with Gasteiger partial charge in [0, 0.05) is 18.0 Å². The molecule has 0 saturated carbocycles. The number of unbranched alkanes of at least 4 members (excludes halogenated alkanes) is 8. The molecule has 0 unspecified atom stereocenters. The lowest BCUT2D eigenvalue weighted by Crippen LogP contribution is -2.08. The highest BCUT2D eigenvalue weighted by Crippen LogP contribution is 2.27. The molecule has 2 aromatic carbocycles. The quantitative estimate of drug-likeness (QED) is 0.107. The number of nitrogens with zero attached hydrogens (tertiary/aromatic N) is 2. The summed E-state index contributed by atoms with van der Waals surface area (Å²) in [7, 11) is 0. The van der Waals surface area contributed by atoms with Gasteiger partial charge >= 0.3 is 5.97 Å². The predicted octanol–water partition coefficient (Wildman–Crippen LogP) is 8.88. The molecule has 0 amide bonds. The molecule has 1 heterocycles. The van der Waals surface area contributed by atoms with Gasteiger partial charge in [-0.05, 0) is 67.3 Å².